The molecule has 0 spiro atoms. The van der Waals surface area contributed by atoms with Crippen LogP contribution in [0.5, 0.6) is 5.75 Å². The Morgan fingerprint density at radius 2 is 1.91 bits per heavy atom. The van der Waals surface area contributed by atoms with Gasteiger partial charge in [-0.05, 0) is 49.2 Å². The Morgan fingerprint density at radius 3 is 2.59 bits per heavy atom. The summed E-state index contributed by atoms with van der Waals surface area (Å²) in [7, 11) is 0. The van der Waals surface area contributed by atoms with Crippen molar-refractivity contribution in [3.63, 3.8) is 0 Å². The quantitative estimate of drug-likeness (QED) is 0.782. The van der Waals surface area contributed by atoms with E-state index in [4.69, 9.17) is 4.74 Å². The summed E-state index contributed by atoms with van der Waals surface area (Å²) in [6.45, 7) is 4.78. The van der Waals surface area contributed by atoms with Crippen molar-refractivity contribution in [3.8, 4) is 17.0 Å². The topological polar surface area (TPSA) is 46.8 Å². The van der Waals surface area contributed by atoms with Crippen LogP contribution < -0.4 is 4.74 Å². The van der Waals surface area contributed by atoms with Gasteiger partial charge in [-0.1, -0.05) is 13.0 Å². The maximum absolute atomic E-state index is 9.74. The lowest BCUT2D eigenvalue weighted by atomic mass is 10.1. The van der Waals surface area contributed by atoms with Crippen LogP contribution in [0.4, 0.5) is 0 Å². The molecule has 0 atom stereocenters. The van der Waals surface area contributed by atoms with Crippen molar-refractivity contribution in [2.75, 3.05) is 6.61 Å². The minimum atomic E-state index is -0.0476. The van der Waals surface area contributed by atoms with E-state index >= 15 is 0 Å². The summed E-state index contributed by atoms with van der Waals surface area (Å²) in [6.07, 6.45) is 2.98. The first-order chi connectivity index (χ1) is 10.7. The van der Waals surface area contributed by atoms with E-state index in [1.807, 2.05) is 53.9 Å². The maximum Gasteiger partial charge on any atom is 0.137 e. The highest BCUT2D eigenvalue weighted by molar-refractivity contribution is 5.67. The Hall–Kier alpha value is -2.33. The van der Waals surface area contributed by atoms with Crippen LogP contribution in [0.3, 0.4) is 0 Å². The second-order valence-electron chi connectivity index (χ2n) is 5.37. The number of fused-ring (bicyclic) bond motifs is 1. The lowest BCUT2D eigenvalue weighted by Crippen LogP contribution is -1.96. The SMILES string of the molecule is CCCOc1ccc(-c2nc3ccc(C)cn3c2CO)cc1. The molecule has 0 aliphatic heterocycles. The fourth-order valence-electron chi connectivity index (χ4n) is 2.51. The first-order valence-corrected chi connectivity index (χ1v) is 7.54. The van der Waals surface area contributed by atoms with Gasteiger partial charge in [0.2, 0.25) is 0 Å². The van der Waals surface area contributed by atoms with Gasteiger partial charge in [-0.2, -0.15) is 0 Å². The highest BCUT2D eigenvalue weighted by atomic mass is 16.5. The number of benzene rings is 1. The average molecular weight is 296 g/mol. The van der Waals surface area contributed by atoms with Crippen LogP contribution in [0, 0.1) is 6.92 Å². The first kappa shape index (κ1) is 14.6. The molecule has 22 heavy (non-hydrogen) atoms. The van der Waals surface area contributed by atoms with Gasteiger partial charge in [0, 0.05) is 11.8 Å². The van der Waals surface area contributed by atoms with E-state index < -0.39 is 0 Å². The van der Waals surface area contributed by atoms with Crippen LogP contribution in [-0.2, 0) is 6.61 Å². The number of ether oxygens (including phenoxy) is 1. The fraction of sp³-hybridized carbons (Fsp3) is 0.278. The zero-order chi connectivity index (χ0) is 15.5. The van der Waals surface area contributed by atoms with Crippen molar-refractivity contribution in [1.82, 2.24) is 9.38 Å². The number of pyridine rings is 1. The lowest BCUT2D eigenvalue weighted by molar-refractivity contribution is 0.276. The molecule has 0 aliphatic rings. The molecule has 114 valence electrons. The highest BCUT2D eigenvalue weighted by Crippen LogP contribution is 2.26. The molecule has 0 saturated carbocycles. The zero-order valence-corrected chi connectivity index (χ0v) is 12.9. The Labute approximate surface area is 130 Å². The first-order valence-electron chi connectivity index (χ1n) is 7.54. The number of hydrogen-bond donors (Lipinski definition) is 1. The molecule has 0 unspecified atom stereocenters. The van der Waals surface area contributed by atoms with Crippen molar-refractivity contribution in [2.24, 2.45) is 0 Å². The number of aliphatic hydroxyl groups excluding tert-OH is 1. The molecule has 1 N–H and O–H groups in total. The van der Waals surface area contributed by atoms with Crippen molar-refractivity contribution >= 4 is 5.65 Å². The summed E-state index contributed by atoms with van der Waals surface area (Å²) in [5.74, 6) is 0.857. The van der Waals surface area contributed by atoms with Crippen molar-refractivity contribution in [3.05, 3.63) is 53.9 Å². The van der Waals surface area contributed by atoms with Crippen LogP contribution in [-0.4, -0.2) is 21.1 Å². The van der Waals surface area contributed by atoms with Crippen molar-refractivity contribution < 1.29 is 9.84 Å². The third-order valence-corrected chi connectivity index (χ3v) is 3.62. The summed E-state index contributed by atoms with van der Waals surface area (Å²) in [4.78, 5) is 4.65. The molecule has 2 heterocycles. The summed E-state index contributed by atoms with van der Waals surface area (Å²) >= 11 is 0. The number of rotatable bonds is 5. The molecule has 0 fully saturated rings. The number of imidazole rings is 1. The highest BCUT2D eigenvalue weighted by Gasteiger charge is 2.13. The molecular formula is C18H20N2O2. The summed E-state index contributed by atoms with van der Waals surface area (Å²) < 4.78 is 7.55. The Bertz CT molecular complexity index is 776. The van der Waals surface area contributed by atoms with Crippen molar-refractivity contribution in [2.45, 2.75) is 26.9 Å². The largest absolute Gasteiger partial charge is 0.494 e. The minimum absolute atomic E-state index is 0.0476. The number of aromatic nitrogens is 2. The Morgan fingerprint density at radius 1 is 1.14 bits per heavy atom. The normalized spacial score (nSPS) is 11.0. The van der Waals surface area contributed by atoms with E-state index in [2.05, 4.69) is 11.9 Å². The number of nitrogens with zero attached hydrogens (tertiary/aromatic N) is 2. The molecule has 3 rings (SSSR count). The van der Waals surface area contributed by atoms with Crippen LogP contribution in [0.15, 0.2) is 42.6 Å². The van der Waals surface area contributed by atoms with Gasteiger partial charge >= 0.3 is 0 Å². The Kier molecular flexibility index (Phi) is 4.11. The molecule has 4 heteroatoms. The fourth-order valence-corrected chi connectivity index (χ4v) is 2.51. The van der Waals surface area contributed by atoms with Crippen molar-refractivity contribution in [1.29, 1.82) is 0 Å². The summed E-state index contributed by atoms with van der Waals surface area (Å²) in [6, 6.07) is 11.9. The maximum atomic E-state index is 9.74. The molecule has 0 bridgehead atoms. The van der Waals surface area contributed by atoms with Crippen LogP contribution in [0.1, 0.15) is 24.6 Å². The van der Waals surface area contributed by atoms with E-state index in [1.165, 1.54) is 0 Å². The molecule has 0 saturated heterocycles. The molecule has 0 radical (unpaired) electrons. The molecular weight excluding hydrogens is 276 g/mol. The number of aliphatic hydroxyl groups is 1. The van der Waals surface area contributed by atoms with E-state index in [0.29, 0.717) is 0 Å². The van der Waals surface area contributed by atoms with Crippen LogP contribution in [0.2, 0.25) is 0 Å². The standard InChI is InChI=1S/C18H20N2O2/c1-3-10-22-15-7-5-14(6-8-15)18-16(12-21)20-11-13(2)4-9-17(20)19-18/h4-9,11,21H,3,10,12H2,1-2H3. The third-order valence-electron chi connectivity index (χ3n) is 3.62. The molecule has 3 aromatic rings. The average Bonchev–Trinajstić information content (AvgIpc) is 2.91. The smallest absolute Gasteiger partial charge is 0.137 e. The van der Waals surface area contributed by atoms with Gasteiger partial charge in [0.25, 0.3) is 0 Å². The van der Waals surface area contributed by atoms with Crippen LogP contribution in [0.25, 0.3) is 16.9 Å². The molecule has 2 aromatic heterocycles. The van der Waals surface area contributed by atoms with E-state index in [0.717, 1.165) is 46.9 Å². The van der Waals surface area contributed by atoms with E-state index in [-0.39, 0.29) is 6.61 Å². The van der Waals surface area contributed by atoms with Crippen LogP contribution >= 0.6 is 0 Å². The molecule has 0 aliphatic carbocycles. The van der Waals surface area contributed by atoms with Gasteiger partial charge in [0.1, 0.15) is 11.4 Å². The van der Waals surface area contributed by atoms with Gasteiger partial charge in [0.15, 0.2) is 0 Å². The Balaban J connectivity index is 2.02. The van der Waals surface area contributed by atoms with Gasteiger partial charge in [-0.15, -0.1) is 0 Å². The van der Waals surface area contributed by atoms with Gasteiger partial charge < -0.3 is 14.2 Å². The number of aryl methyl sites for hydroxylation is 1. The summed E-state index contributed by atoms with van der Waals surface area (Å²) in [5, 5.41) is 9.74. The van der Waals surface area contributed by atoms with Gasteiger partial charge in [-0.3, -0.25) is 0 Å². The monoisotopic (exact) mass is 296 g/mol. The lowest BCUT2D eigenvalue weighted by Gasteiger charge is -2.06. The molecule has 4 nitrogen and oxygen atoms in total. The summed E-state index contributed by atoms with van der Waals surface area (Å²) in [5.41, 5.74) is 4.58. The molecule has 0 amide bonds. The zero-order valence-electron chi connectivity index (χ0n) is 12.9. The second kappa shape index (κ2) is 6.20. The van der Waals surface area contributed by atoms with E-state index in [1.54, 1.807) is 0 Å². The van der Waals surface area contributed by atoms with E-state index in [9.17, 15) is 5.11 Å². The third kappa shape index (κ3) is 2.70. The minimum Gasteiger partial charge on any atom is -0.494 e. The van der Waals surface area contributed by atoms with Gasteiger partial charge in [-0.25, -0.2) is 4.98 Å². The van der Waals surface area contributed by atoms with Gasteiger partial charge in [0.05, 0.1) is 24.6 Å². The molecule has 1 aromatic carbocycles. The second-order valence-corrected chi connectivity index (χ2v) is 5.37. The predicted molar refractivity (Wildman–Crippen MR) is 87.1 cm³/mol. The number of hydrogen-bond acceptors (Lipinski definition) is 3. The predicted octanol–water partition coefficient (Wildman–Crippen LogP) is 3.59.